The molecule has 1 aliphatic heterocycles. The van der Waals surface area contributed by atoms with Crippen molar-refractivity contribution in [2.45, 2.75) is 44.1 Å². The van der Waals surface area contributed by atoms with Crippen LogP contribution in [0.3, 0.4) is 0 Å². The summed E-state index contributed by atoms with van der Waals surface area (Å²) in [4.78, 5) is 14.9. The van der Waals surface area contributed by atoms with Gasteiger partial charge in [-0.15, -0.1) is 10.2 Å². The average Bonchev–Trinajstić information content (AvgIpc) is 3.49. The molecule has 2 heterocycles. The topological polar surface area (TPSA) is 83.3 Å². The second-order valence-electron chi connectivity index (χ2n) is 10.7. The number of benzene rings is 3. The van der Waals surface area contributed by atoms with E-state index < -0.39 is 29.1 Å². The number of anilines is 1. The third-order valence-corrected chi connectivity index (χ3v) is 7.88. The molecule has 1 amide bonds. The average molecular weight is 566 g/mol. The quantitative estimate of drug-likeness (QED) is 0.291. The molecular weight excluding hydrogens is 538 g/mol. The molecular formula is C30H27F4N5O2. The number of amides is 1. The van der Waals surface area contributed by atoms with Crippen molar-refractivity contribution >= 4 is 11.6 Å². The molecule has 11 heteroatoms. The van der Waals surface area contributed by atoms with Gasteiger partial charge in [-0.05, 0) is 77.9 Å². The molecule has 0 spiro atoms. The zero-order valence-corrected chi connectivity index (χ0v) is 22.2. The lowest BCUT2D eigenvalue weighted by atomic mass is 9.80. The number of aromatic nitrogens is 3. The number of nitrogens with one attached hydrogen (secondary N) is 1. The first-order chi connectivity index (χ1) is 19.5. The van der Waals surface area contributed by atoms with Crippen molar-refractivity contribution in [3.8, 4) is 22.5 Å². The predicted octanol–water partition coefficient (Wildman–Crippen LogP) is 5.47. The van der Waals surface area contributed by atoms with E-state index in [1.54, 1.807) is 41.9 Å². The Bertz CT molecular complexity index is 1640. The van der Waals surface area contributed by atoms with Crippen LogP contribution in [0.1, 0.15) is 46.3 Å². The molecule has 1 aromatic heterocycles. The molecule has 0 unspecified atom stereocenters. The lowest BCUT2D eigenvalue weighted by Gasteiger charge is -2.36. The van der Waals surface area contributed by atoms with Crippen LogP contribution in [0.25, 0.3) is 22.5 Å². The zero-order chi connectivity index (χ0) is 28.9. The van der Waals surface area contributed by atoms with Crippen molar-refractivity contribution in [3.63, 3.8) is 0 Å². The van der Waals surface area contributed by atoms with Gasteiger partial charge in [0.25, 0.3) is 5.91 Å². The van der Waals surface area contributed by atoms with Crippen molar-refractivity contribution < 1.29 is 27.5 Å². The highest BCUT2D eigenvalue weighted by molar-refractivity contribution is 6.10. The Morgan fingerprint density at radius 3 is 2.54 bits per heavy atom. The van der Waals surface area contributed by atoms with Gasteiger partial charge in [-0.3, -0.25) is 4.79 Å². The standard InChI is InChI=1S/C30H27F4N5O2/c1-38-17-36-37-27(38)23-13-20(31)6-7-22(23)19-4-2-5-21(12-19)39-15-25-24(28(39)40)10-18(11-26(25)30(32,33)34)14-35-16-29(41)8-3-9-29/h2,4-7,10-13,17,35,41H,3,8-9,14-16H2,1H3. The van der Waals surface area contributed by atoms with E-state index in [0.717, 1.165) is 12.5 Å². The van der Waals surface area contributed by atoms with Crippen LogP contribution in [-0.2, 0) is 26.3 Å². The van der Waals surface area contributed by atoms with Gasteiger partial charge in [0.05, 0.1) is 17.7 Å². The van der Waals surface area contributed by atoms with Crippen LogP contribution >= 0.6 is 0 Å². The Balaban J connectivity index is 1.33. The summed E-state index contributed by atoms with van der Waals surface area (Å²) >= 11 is 0. The molecule has 2 aliphatic rings. The fourth-order valence-electron chi connectivity index (χ4n) is 5.55. The summed E-state index contributed by atoms with van der Waals surface area (Å²) in [6, 6.07) is 13.7. The van der Waals surface area contributed by atoms with E-state index in [1.807, 2.05) is 0 Å². The van der Waals surface area contributed by atoms with E-state index >= 15 is 0 Å². The summed E-state index contributed by atoms with van der Waals surface area (Å²) in [7, 11) is 1.73. The molecule has 212 valence electrons. The summed E-state index contributed by atoms with van der Waals surface area (Å²) in [5, 5.41) is 21.3. The van der Waals surface area contributed by atoms with Crippen molar-refractivity contribution in [1.29, 1.82) is 0 Å². The number of halogens is 4. The first-order valence-electron chi connectivity index (χ1n) is 13.2. The summed E-state index contributed by atoms with van der Waals surface area (Å²) < 4.78 is 58.3. The SMILES string of the molecule is Cn1cnnc1-c1cc(F)ccc1-c1cccc(N2Cc3c(cc(CNCC4(O)CCC4)cc3C(F)(F)F)C2=O)c1. The van der Waals surface area contributed by atoms with Gasteiger partial charge in [0, 0.05) is 37.0 Å². The van der Waals surface area contributed by atoms with Crippen LogP contribution in [0.2, 0.25) is 0 Å². The maximum atomic E-state index is 14.2. The van der Waals surface area contributed by atoms with E-state index in [2.05, 4.69) is 15.5 Å². The zero-order valence-electron chi connectivity index (χ0n) is 22.2. The third-order valence-electron chi connectivity index (χ3n) is 7.88. The monoisotopic (exact) mass is 565 g/mol. The number of hydrogen-bond acceptors (Lipinski definition) is 5. The fourth-order valence-corrected chi connectivity index (χ4v) is 5.55. The smallest absolute Gasteiger partial charge is 0.389 e. The largest absolute Gasteiger partial charge is 0.416 e. The fraction of sp³-hybridized carbons (Fsp3) is 0.300. The van der Waals surface area contributed by atoms with E-state index in [1.165, 1.54) is 29.4 Å². The number of alkyl halides is 3. The summed E-state index contributed by atoms with van der Waals surface area (Å²) in [6.07, 6.45) is -0.921. The van der Waals surface area contributed by atoms with Gasteiger partial charge >= 0.3 is 6.18 Å². The molecule has 1 aliphatic carbocycles. The van der Waals surface area contributed by atoms with Crippen LogP contribution in [0.4, 0.5) is 23.2 Å². The molecule has 1 saturated carbocycles. The van der Waals surface area contributed by atoms with Crippen molar-refractivity contribution in [2.75, 3.05) is 11.4 Å². The number of hydrogen-bond donors (Lipinski definition) is 2. The van der Waals surface area contributed by atoms with Crippen LogP contribution in [0.15, 0.2) is 60.9 Å². The molecule has 41 heavy (non-hydrogen) atoms. The van der Waals surface area contributed by atoms with Crippen LogP contribution in [0.5, 0.6) is 0 Å². The van der Waals surface area contributed by atoms with Gasteiger partial charge in [-0.25, -0.2) is 4.39 Å². The van der Waals surface area contributed by atoms with Crippen LogP contribution in [0, 0.1) is 5.82 Å². The predicted molar refractivity (Wildman–Crippen MR) is 144 cm³/mol. The number of aryl methyl sites for hydroxylation is 1. The molecule has 4 aromatic rings. The summed E-state index contributed by atoms with van der Waals surface area (Å²) in [6.45, 7) is 0.133. The molecule has 0 saturated heterocycles. The molecule has 0 radical (unpaired) electrons. The second-order valence-corrected chi connectivity index (χ2v) is 10.7. The van der Waals surface area contributed by atoms with E-state index in [-0.39, 0.29) is 30.8 Å². The minimum atomic E-state index is -4.65. The van der Waals surface area contributed by atoms with Crippen LogP contribution in [-0.4, -0.2) is 37.9 Å². The molecule has 1 fully saturated rings. The Morgan fingerprint density at radius 2 is 1.85 bits per heavy atom. The lowest BCUT2D eigenvalue weighted by molar-refractivity contribution is -0.138. The third kappa shape index (κ3) is 5.11. The Hall–Kier alpha value is -4.09. The van der Waals surface area contributed by atoms with Crippen molar-refractivity contribution in [3.05, 3.63) is 89.0 Å². The first kappa shape index (κ1) is 27.1. The number of carbonyl (C=O) groups is 1. The summed E-state index contributed by atoms with van der Waals surface area (Å²) in [5.41, 5.74) is 0.759. The minimum Gasteiger partial charge on any atom is -0.389 e. The number of rotatable bonds is 7. The highest BCUT2D eigenvalue weighted by Gasteiger charge is 2.41. The van der Waals surface area contributed by atoms with E-state index in [4.69, 9.17) is 0 Å². The lowest BCUT2D eigenvalue weighted by Crippen LogP contribution is -2.46. The van der Waals surface area contributed by atoms with E-state index in [0.29, 0.717) is 46.6 Å². The summed E-state index contributed by atoms with van der Waals surface area (Å²) in [5.74, 6) is -0.551. The van der Waals surface area contributed by atoms with Gasteiger partial charge in [0.1, 0.15) is 12.1 Å². The van der Waals surface area contributed by atoms with Crippen LogP contribution < -0.4 is 10.2 Å². The normalized spacial score (nSPS) is 16.1. The molecule has 7 nitrogen and oxygen atoms in total. The Morgan fingerprint density at radius 1 is 1.05 bits per heavy atom. The molecule has 0 atom stereocenters. The van der Waals surface area contributed by atoms with Gasteiger partial charge in [0.2, 0.25) is 0 Å². The number of fused-ring (bicyclic) bond motifs is 1. The van der Waals surface area contributed by atoms with Gasteiger partial charge in [-0.2, -0.15) is 13.2 Å². The van der Waals surface area contributed by atoms with Gasteiger partial charge < -0.3 is 19.9 Å². The maximum absolute atomic E-state index is 14.2. The van der Waals surface area contributed by atoms with Crippen molar-refractivity contribution in [1.82, 2.24) is 20.1 Å². The first-order valence-corrected chi connectivity index (χ1v) is 13.2. The van der Waals surface area contributed by atoms with Gasteiger partial charge in [-0.1, -0.05) is 18.2 Å². The highest BCUT2D eigenvalue weighted by Crippen LogP contribution is 2.41. The van der Waals surface area contributed by atoms with Crippen molar-refractivity contribution in [2.24, 2.45) is 7.05 Å². The van der Waals surface area contributed by atoms with Gasteiger partial charge in [0.15, 0.2) is 5.82 Å². The minimum absolute atomic E-state index is 0.00550. The Labute approximate surface area is 233 Å². The number of aliphatic hydroxyl groups is 1. The molecule has 3 aromatic carbocycles. The second kappa shape index (κ2) is 10.1. The molecule has 6 rings (SSSR count). The Kier molecular flexibility index (Phi) is 6.66. The number of carbonyl (C=O) groups excluding carboxylic acids is 1. The van der Waals surface area contributed by atoms with E-state index in [9.17, 15) is 27.5 Å². The molecule has 0 bridgehead atoms. The molecule has 2 N–H and O–H groups in total. The maximum Gasteiger partial charge on any atom is 0.416 e. The highest BCUT2D eigenvalue weighted by atomic mass is 19.4. The number of nitrogens with zero attached hydrogens (tertiary/aromatic N) is 4.